The standard InChI is InChI=1S/C14H15NO3/c15-5-4-14(9-16-10-14)11-2-3-12-13(8-11)18-7-1-6-17-12/h2-3,8H,1,4,6-7,9-10H2. The van der Waals surface area contributed by atoms with Crippen molar-refractivity contribution < 1.29 is 14.2 Å². The zero-order chi connectivity index (χ0) is 12.4. The second-order valence-electron chi connectivity index (χ2n) is 4.82. The quantitative estimate of drug-likeness (QED) is 0.800. The second kappa shape index (κ2) is 4.51. The lowest BCUT2D eigenvalue weighted by Crippen LogP contribution is -2.46. The Balaban J connectivity index is 1.94. The molecule has 0 radical (unpaired) electrons. The van der Waals surface area contributed by atoms with Crippen molar-refractivity contribution in [1.82, 2.24) is 0 Å². The summed E-state index contributed by atoms with van der Waals surface area (Å²) in [5, 5.41) is 8.95. The molecule has 0 N–H and O–H groups in total. The lowest BCUT2D eigenvalue weighted by molar-refractivity contribution is -0.0577. The maximum atomic E-state index is 8.95. The van der Waals surface area contributed by atoms with E-state index in [1.807, 2.05) is 18.2 Å². The van der Waals surface area contributed by atoms with Crippen LogP contribution in [0.4, 0.5) is 0 Å². The highest BCUT2D eigenvalue weighted by Crippen LogP contribution is 2.40. The fourth-order valence-corrected chi connectivity index (χ4v) is 2.36. The van der Waals surface area contributed by atoms with E-state index in [4.69, 9.17) is 19.5 Å². The van der Waals surface area contributed by atoms with Crippen LogP contribution in [0.25, 0.3) is 0 Å². The van der Waals surface area contributed by atoms with Crippen LogP contribution in [0.3, 0.4) is 0 Å². The Labute approximate surface area is 106 Å². The molecule has 0 aromatic heterocycles. The van der Waals surface area contributed by atoms with E-state index in [1.54, 1.807) is 0 Å². The fourth-order valence-electron chi connectivity index (χ4n) is 2.36. The third-order valence-corrected chi connectivity index (χ3v) is 3.53. The Bertz CT molecular complexity index is 488. The van der Waals surface area contributed by atoms with Crippen LogP contribution in [0, 0.1) is 11.3 Å². The van der Waals surface area contributed by atoms with E-state index in [0.717, 1.165) is 23.5 Å². The normalized spacial score (nSPS) is 20.4. The molecule has 0 unspecified atom stereocenters. The molecule has 4 nitrogen and oxygen atoms in total. The number of nitriles is 1. The number of nitrogens with zero attached hydrogens (tertiary/aromatic N) is 1. The summed E-state index contributed by atoms with van der Waals surface area (Å²) in [7, 11) is 0. The van der Waals surface area contributed by atoms with Crippen LogP contribution < -0.4 is 9.47 Å². The van der Waals surface area contributed by atoms with E-state index in [2.05, 4.69) is 6.07 Å². The first-order valence-electron chi connectivity index (χ1n) is 6.19. The highest BCUT2D eigenvalue weighted by atomic mass is 16.5. The molecular weight excluding hydrogens is 230 g/mol. The van der Waals surface area contributed by atoms with Gasteiger partial charge in [0, 0.05) is 12.8 Å². The van der Waals surface area contributed by atoms with E-state index in [-0.39, 0.29) is 5.41 Å². The van der Waals surface area contributed by atoms with Gasteiger partial charge in [-0.25, -0.2) is 0 Å². The third kappa shape index (κ3) is 1.81. The van der Waals surface area contributed by atoms with Crippen molar-refractivity contribution in [1.29, 1.82) is 5.26 Å². The predicted octanol–water partition coefficient (Wildman–Crippen LogP) is 2.03. The first-order chi connectivity index (χ1) is 8.84. The summed E-state index contributed by atoms with van der Waals surface area (Å²) >= 11 is 0. The molecule has 1 aromatic carbocycles. The molecule has 94 valence electrons. The molecule has 0 saturated carbocycles. The molecule has 0 aliphatic carbocycles. The smallest absolute Gasteiger partial charge is 0.161 e. The van der Waals surface area contributed by atoms with Crippen LogP contribution in [-0.2, 0) is 10.2 Å². The summed E-state index contributed by atoms with van der Waals surface area (Å²) in [6, 6.07) is 8.21. The van der Waals surface area contributed by atoms with Crippen molar-refractivity contribution in [2.45, 2.75) is 18.3 Å². The Hall–Kier alpha value is -1.73. The van der Waals surface area contributed by atoms with Crippen molar-refractivity contribution >= 4 is 0 Å². The van der Waals surface area contributed by atoms with Gasteiger partial charge in [0.05, 0.1) is 37.9 Å². The van der Waals surface area contributed by atoms with Gasteiger partial charge in [-0.2, -0.15) is 5.26 Å². The fraction of sp³-hybridized carbons (Fsp3) is 0.500. The van der Waals surface area contributed by atoms with E-state index in [9.17, 15) is 0 Å². The highest BCUT2D eigenvalue weighted by molar-refractivity contribution is 5.46. The Morgan fingerprint density at radius 3 is 2.61 bits per heavy atom. The van der Waals surface area contributed by atoms with Crippen molar-refractivity contribution in [3.8, 4) is 17.6 Å². The first kappa shape index (κ1) is 11.4. The molecule has 1 aromatic rings. The Morgan fingerprint density at radius 1 is 1.17 bits per heavy atom. The topological polar surface area (TPSA) is 51.5 Å². The highest BCUT2D eigenvalue weighted by Gasteiger charge is 2.40. The minimum absolute atomic E-state index is 0.153. The maximum absolute atomic E-state index is 8.95. The molecule has 2 aliphatic heterocycles. The Kier molecular flexibility index (Phi) is 2.85. The maximum Gasteiger partial charge on any atom is 0.161 e. The largest absolute Gasteiger partial charge is 0.490 e. The minimum atomic E-state index is -0.153. The van der Waals surface area contributed by atoms with Crippen LogP contribution in [0.15, 0.2) is 18.2 Å². The molecule has 0 spiro atoms. The molecule has 0 bridgehead atoms. The van der Waals surface area contributed by atoms with Gasteiger partial charge < -0.3 is 14.2 Å². The first-order valence-corrected chi connectivity index (χ1v) is 6.19. The van der Waals surface area contributed by atoms with Crippen LogP contribution in [0.5, 0.6) is 11.5 Å². The number of ether oxygens (including phenoxy) is 3. The summed E-state index contributed by atoms with van der Waals surface area (Å²) in [5.41, 5.74) is 0.957. The van der Waals surface area contributed by atoms with Gasteiger partial charge in [-0.3, -0.25) is 0 Å². The zero-order valence-corrected chi connectivity index (χ0v) is 10.1. The van der Waals surface area contributed by atoms with Gasteiger partial charge in [0.15, 0.2) is 11.5 Å². The van der Waals surface area contributed by atoms with Crippen molar-refractivity contribution in [2.75, 3.05) is 26.4 Å². The summed E-state index contributed by atoms with van der Waals surface area (Å²) in [5.74, 6) is 1.58. The van der Waals surface area contributed by atoms with Crippen molar-refractivity contribution in [2.24, 2.45) is 0 Å². The third-order valence-electron chi connectivity index (χ3n) is 3.53. The number of fused-ring (bicyclic) bond motifs is 1. The van der Waals surface area contributed by atoms with Gasteiger partial charge in [0.1, 0.15) is 0 Å². The number of rotatable bonds is 2. The number of hydrogen-bond acceptors (Lipinski definition) is 4. The molecule has 2 heterocycles. The SMILES string of the molecule is N#CCC1(c2ccc3c(c2)OCCCO3)COC1. The molecule has 4 heteroatoms. The zero-order valence-electron chi connectivity index (χ0n) is 10.1. The van der Waals surface area contributed by atoms with Gasteiger partial charge >= 0.3 is 0 Å². The Morgan fingerprint density at radius 2 is 1.94 bits per heavy atom. The van der Waals surface area contributed by atoms with Gasteiger partial charge in [-0.1, -0.05) is 6.07 Å². The van der Waals surface area contributed by atoms with Gasteiger partial charge in [-0.05, 0) is 17.7 Å². The lowest BCUT2D eigenvalue weighted by Gasteiger charge is -2.40. The van der Waals surface area contributed by atoms with E-state index >= 15 is 0 Å². The summed E-state index contributed by atoms with van der Waals surface area (Å²) in [6.07, 6.45) is 1.38. The monoisotopic (exact) mass is 245 g/mol. The average molecular weight is 245 g/mol. The molecule has 0 amide bonds. The summed E-state index contributed by atoms with van der Waals surface area (Å²) < 4.78 is 16.6. The van der Waals surface area contributed by atoms with E-state index < -0.39 is 0 Å². The lowest BCUT2D eigenvalue weighted by atomic mass is 9.76. The molecule has 3 rings (SSSR count). The number of benzene rings is 1. The molecule has 1 fully saturated rings. The van der Waals surface area contributed by atoms with Gasteiger partial charge in [0.2, 0.25) is 0 Å². The van der Waals surface area contributed by atoms with Gasteiger partial charge in [0.25, 0.3) is 0 Å². The van der Waals surface area contributed by atoms with Crippen LogP contribution >= 0.6 is 0 Å². The van der Waals surface area contributed by atoms with E-state index in [1.165, 1.54) is 0 Å². The molecular formula is C14H15NO3. The van der Waals surface area contributed by atoms with Crippen molar-refractivity contribution in [3.63, 3.8) is 0 Å². The average Bonchev–Trinajstić information content (AvgIpc) is 2.58. The second-order valence-corrected chi connectivity index (χ2v) is 4.82. The van der Waals surface area contributed by atoms with E-state index in [0.29, 0.717) is 32.8 Å². The van der Waals surface area contributed by atoms with Crippen LogP contribution in [0.2, 0.25) is 0 Å². The molecule has 1 saturated heterocycles. The van der Waals surface area contributed by atoms with Gasteiger partial charge in [-0.15, -0.1) is 0 Å². The van der Waals surface area contributed by atoms with Crippen LogP contribution in [-0.4, -0.2) is 26.4 Å². The van der Waals surface area contributed by atoms with Crippen LogP contribution in [0.1, 0.15) is 18.4 Å². The predicted molar refractivity (Wildman–Crippen MR) is 64.8 cm³/mol. The molecule has 18 heavy (non-hydrogen) atoms. The van der Waals surface area contributed by atoms with Crippen molar-refractivity contribution in [3.05, 3.63) is 23.8 Å². The minimum Gasteiger partial charge on any atom is -0.490 e. The molecule has 2 aliphatic rings. The summed E-state index contributed by atoms with van der Waals surface area (Å²) in [6.45, 7) is 2.59. The molecule has 0 atom stereocenters. The number of hydrogen-bond donors (Lipinski definition) is 0. The summed E-state index contributed by atoms with van der Waals surface area (Å²) in [4.78, 5) is 0.